The molecule has 4 heteroatoms. The van der Waals surface area contributed by atoms with Crippen LogP contribution in [0.5, 0.6) is 0 Å². The smallest absolute Gasteiger partial charge is 0.0859 e. The van der Waals surface area contributed by atoms with Crippen molar-refractivity contribution in [3.63, 3.8) is 0 Å². The fourth-order valence-corrected chi connectivity index (χ4v) is 5.68. The van der Waals surface area contributed by atoms with Crippen LogP contribution in [0.1, 0.15) is 30.5 Å². The molecule has 0 radical (unpaired) electrons. The highest BCUT2D eigenvalue weighted by Crippen LogP contribution is 2.37. The molecule has 1 aliphatic rings. The van der Waals surface area contributed by atoms with Gasteiger partial charge in [-0.05, 0) is 90.1 Å². The van der Waals surface area contributed by atoms with Crippen molar-refractivity contribution in [2.24, 2.45) is 10.7 Å². The zero-order valence-corrected chi connectivity index (χ0v) is 25.0. The van der Waals surface area contributed by atoms with Crippen LogP contribution in [0.25, 0.3) is 49.9 Å². The first-order valence-electron chi connectivity index (χ1n) is 15.1. The van der Waals surface area contributed by atoms with E-state index in [1.807, 2.05) is 42.5 Å². The first-order chi connectivity index (χ1) is 21.7. The molecule has 0 amide bonds. The highest BCUT2D eigenvalue weighted by molar-refractivity contribution is 6.12. The average molecular weight is 573 g/mol. The molecule has 44 heavy (non-hydrogen) atoms. The topological polar surface area (TPSA) is 56.2 Å². The molecule has 0 unspecified atom stereocenters. The predicted molar refractivity (Wildman–Crippen MR) is 189 cm³/mol. The van der Waals surface area contributed by atoms with Crippen LogP contribution in [0.4, 0.5) is 0 Å². The maximum absolute atomic E-state index is 6.68. The minimum absolute atomic E-state index is 0.617. The summed E-state index contributed by atoms with van der Waals surface area (Å²) < 4.78 is 2.33. The minimum Gasteiger partial charge on any atom is -0.397 e. The van der Waals surface area contributed by atoms with Crippen molar-refractivity contribution in [1.29, 1.82) is 0 Å². The van der Waals surface area contributed by atoms with Gasteiger partial charge in [0.15, 0.2) is 0 Å². The van der Waals surface area contributed by atoms with Gasteiger partial charge in [-0.1, -0.05) is 91.1 Å². The number of benzene rings is 3. The maximum Gasteiger partial charge on any atom is 0.0859 e. The normalized spacial score (nSPS) is 14.5. The Morgan fingerprint density at radius 2 is 1.64 bits per heavy atom. The number of nitrogens with zero attached hydrogens (tertiary/aromatic N) is 3. The Morgan fingerprint density at radius 3 is 2.36 bits per heavy atom. The van der Waals surface area contributed by atoms with Gasteiger partial charge in [0.1, 0.15) is 0 Å². The van der Waals surface area contributed by atoms with Gasteiger partial charge in [0, 0.05) is 35.9 Å². The van der Waals surface area contributed by atoms with E-state index < -0.39 is 0 Å². The van der Waals surface area contributed by atoms with Crippen LogP contribution >= 0.6 is 0 Å². The Bertz CT molecular complexity index is 1980. The van der Waals surface area contributed by atoms with E-state index in [2.05, 4.69) is 112 Å². The predicted octanol–water partition coefficient (Wildman–Crippen LogP) is 9.63. The number of fused-ring (bicyclic) bond motifs is 3. The molecule has 2 heterocycles. The second-order valence-corrected chi connectivity index (χ2v) is 10.7. The molecule has 0 aliphatic heterocycles. The van der Waals surface area contributed by atoms with E-state index in [0.29, 0.717) is 5.70 Å². The molecule has 2 N–H and O–H groups in total. The lowest BCUT2D eigenvalue weighted by Crippen LogP contribution is -2.02. The van der Waals surface area contributed by atoms with Crippen molar-refractivity contribution >= 4 is 45.0 Å². The molecular weight excluding hydrogens is 536 g/mol. The number of pyridine rings is 1. The van der Waals surface area contributed by atoms with Crippen molar-refractivity contribution in [3.8, 4) is 11.1 Å². The highest BCUT2D eigenvalue weighted by atomic mass is 15.0. The molecule has 0 saturated heterocycles. The zero-order valence-electron chi connectivity index (χ0n) is 25.0. The fraction of sp³-hybridized carbons (Fsp3) is 0.100. The number of hydrogen-bond acceptors (Lipinski definition) is 3. The summed E-state index contributed by atoms with van der Waals surface area (Å²) in [5, 5.41) is 2.43. The van der Waals surface area contributed by atoms with E-state index in [1.165, 1.54) is 33.0 Å². The molecule has 0 fully saturated rings. The van der Waals surface area contributed by atoms with Gasteiger partial charge < -0.3 is 10.3 Å². The molecule has 2 aromatic heterocycles. The van der Waals surface area contributed by atoms with E-state index in [9.17, 15) is 0 Å². The van der Waals surface area contributed by atoms with Crippen molar-refractivity contribution in [3.05, 3.63) is 157 Å². The summed E-state index contributed by atoms with van der Waals surface area (Å²) in [5.41, 5.74) is 16.4. The van der Waals surface area contributed by atoms with Gasteiger partial charge in [-0.15, -0.1) is 0 Å². The van der Waals surface area contributed by atoms with Crippen LogP contribution in [0.3, 0.4) is 0 Å². The Labute approximate surface area is 259 Å². The van der Waals surface area contributed by atoms with Crippen LogP contribution in [0.2, 0.25) is 0 Å². The Balaban J connectivity index is 1.55. The minimum atomic E-state index is 0.617. The van der Waals surface area contributed by atoms with Gasteiger partial charge in [0.05, 0.1) is 22.4 Å². The molecule has 0 spiro atoms. The fourth-order valence-electron chi connectivity index (χ4n) is 5.68. The molecule has 1 aliphatic carbocycles. The lowest BCUT2D eigenvalue weighted by molar-refractivity contribution is 1.05. The third-order valence-corrected chi connectivity index (χ3v) is 7.84. The summed E-state index contributed by atoms with van der Waals surface area (Å²) in [4.78, 5) is 8.51. The molecule has 5 aromatic rings. The van der Waals surface area contributed by atoms with E-state index in [4.69, 9.17) is 5.73 Å². The summed E-state index contributed by atoms with van der Waals surface area (Å²) in [6.07, 6.45) is 25.4. The Kier molecular flexibility index (Phi) is 8.89. The lowest BCUT2D eigenvalue weighted by atomic mass is 9.95. The zero-order chi connectivity index (χ0) is 30.1. The maximum atomic E-state index is 6.68. The van der Waals surface area contributed by atoms with Gasteiger partial charge >= 0.3 is 0 Å². The second-order valence-electron chi connectivity index (χ2n) is 10.7. The largest absolute Gasteiger partial charge is 0.397 e. The van der Waals surface area contributed by atoms with E-state index >= 15 is 0 Å². The molecule has 3 aromatic carbocycles. The van der Waals surface area contributed by atoms with Gasteiger partial charge in [-0.25, -0.2) is 0 Å². The third kappa shape index (κ3) is 6.30. The molecule has 4 nitrogen and oxygen atoms in total. The number of rotatable bonds is 9. The summed E-state index contributed by atoms with van der Waals surface area (Å²) in [6, 6.07) is 30.0. The highest BCUT2D eigenvalue weighted by Gasteiger charge is 2.16. The summed E-state index contributed by atoms with van der Waals surface area (Å²) in [5.74, 6) is 0. The number of aliphatic imine (C=N–C) groups is 1. The first kappa shape index (κ1) is 28.6. The average Bonchev–Trinajstić information content (AvgIpc) is 3.41. The molecule has 216 valence electrons. The molecule has 0 atom stereocenters. The van der Waals surface area contributed by atoms with Gasteiger partial charge in [0.2, 0.25) is 0 Å². The van der Waals surface area contributed by atoms with Crippen molar-refractivity contribution in [2.75, 3.05) is 7.05 Å². The van der Waals surface area contributed by atoms with Crippen LogP contribution in [-0.2, 0) is 0 Å². The second kappa shape index (κ2) is 13.7. The third-order valence-electron chi connectivity index (χ3n) is 7.84. The van der Waals surface area contributed by atoms with Crippen LogP contribution in [-0.4, -0.2) is 22.8 Å². The lowest BCUT2D eigenvalue weighted by Gasteiger charge is -2.12. The number of allylic oxidation sites excluding steroid dienone is 11. The van der Waals surface area contributed by atoms with E-state index in [1.54, 1.807) is 19.5 Å². The standard InChI is InChI=1S/C40H36N4/c1-42-25-13-4-2-3-11-19-34(29-37(41)38-20-12-14-26-43-38)44-39-23-21-32(30-15-7-5-8-16-30)27-35(39)36-28-33(22-24-40(36)44)31-17-9-6-10-18-31/h2-9,12-17,19-29H,10-11,18,41H2,1H3/b3-2+,13-4-,34-19+,37-29-,42-25?. The van der Waals surface area contributed by atoms with Crippen LogP contribution in [0.15, 0.2) is 151 Å². The first-order valence-corrected chi connectivity index (χ1v) is 15.1. The van der Waals surface area contributed by atoms with Crippen molar-refractivity contribution in [2.45, 2.75) is 19.3 Å². The summed E-state index contributed by atoms with van der Waals surface area (Å²) in [7, 11) is 1.77. The van der Waals surface area contributed by atoms with Crippen LogP contribution < -0.4 is 5.73 Å². The van der Waals surface area contributed by atoms with Crippen molar-refractivity contribution in [1.82, 2.24) is 9.55 Å². The molecule has 6 rings (SSSR count). The van der Waals surface area contributed by atoms with Crippen LogP contribution in [0, 0.1) is 0 Å². The van der Waals surface area contributed by atoms with Gasteiger partial charge in [-0.2, -0.15) is 0 Å². The molecule has 0 bridgehead atoms. The monoisotopic (exact) mass is 572 g/mol. The van der Waals surface area contributed by atoms with Gasteiger partial charge in [0.25, 0.3) is 0 Å². The van der Waals surface area contributed by atoms with E-state index in [0.717, 1.165) is 41.7 Å². The summed E-state index contributed by atoms with van der Waals surface area (Å²) in [6.45, 7) is 0. The number of nitrogens with two attached hydrogens (primary N) is 1. The SMILES string of the molecule is CN=C/C=C\C=C\C/C=C(\C=C(/N)c1ccccn1)n1c2ccc(C3=CC=CCC3)cc2c2cc(-c3ccccc3)ccc21. The van der Waals surface area contributed by atoms with E-state index in [-0.39, 0.29) is 0 Å². The molecule has 0 saturated carbocycles. The molecular formula is C40H36N4. The summed E-state index contributed by atoms with van der Waals surface area (Å²) >= 11 is 0. The van der Waals surface area contributed by atoms with Gasteiger partial charge in [-0.3, -0.25) is 9.98 Å². The Hall–Kier alpha value is -5.48. The Morgan fingerprint density at radius 1 is 0.864 bits per heavy atom. The van der Waals surface area contributed by atoms with Crippen molar-refractivity contribution < 1.29 is 0 Å². The number of aromatic nitrogens is 2. The quantitative estimate of drug-likeness (QED) is 0.141. The number of hydrogen-bond donors (Lipinski definition) is 1.